The first-order chi connectivity index (χ1) is 11.2. The Bertz CT molecular complexity index is 815. The van der Waals surface area contributed by atoms with E-state index >= 15 is 0 Å². The fourth-order valence-electron chi connectivity index (χ4n) is 2.08. The van der Waals surface area contributed by atoms with Crippen LogP contribution in [0.3, 0.4) is 0 Å². The van der Waals surface area contributed by atoms with E-state index in [1.54, 1.807) is 41.1 Å². The highest BCUT2D eigenvalue weighted by molar-refractivity contribution is 7.13. The van der Waals surface area contributed by atoms with E-state index < -0.39 is 0 Å². The lowest BCUT2D eigenvalue weighted by molar-refractivity contribution is 0.0357. The summed E-state index contributed by atoms with van der Waals surface area (Å²) in [4.78, 5) is 18.3. The Morgan fingerprint density at radius 1 is 1.35 bits per heavy atom. The number of nitrogens with one attached hydrogen (secondary N) is 1. The number of hydrogen-bond acceptors (Lipinski definition) is 4. The van der Waals surface area contributed by atoms with Crippen LogP contribution < -0.4 is 5.48 Å². The van der Waals surface area contributed by atoms with Crippen LogP contribution in [0.5, 0.6) is 0 Å². The smallest absolute Gasteiger partial charge is 0.274 e. The van der Waals surface area contributed by atoms with Gasteiger partial charge in [-0.25, -0.2) is 10.2 Å². The molecule has 7 heteroatoms. The molecule has 1 amide bonds. The van der Waals surface area contributed by atoms with Gasteiger partial charge in [-0.1, -0.05) is 23.7 Å². The van der Waals surface area contributed by atoms with Crippen LogP contribution >= 0.6 is 22.9 Å². The monoisotopic (exact) mass is 347 g/mol. The van der Waals surface area contributed by atoms with E-state index in [9.17, 15) is 4.79 Å². The van der Waals surface area contributed by atoms with Crippen molar-refractivity contribution in [1.82, 2.24) is 15.3 Å². The Labute approximate surface area is 142 Å². The van der Waals surface area contributed by atoms with Crippen molar-refractivity contribution >= 4 is 28.8 Å². The van der Waals surface area contributed by atoms with Gasteiger partial charge in [-0.05, 0) is 42.6 Å². The number of hydroxylamine groups is 1. The maximum Gasteiger partial charge on any atom is 0.293 e. The van der Waals surface area contributed by atoms with Crippen LogP contribution in [0.2, 0.25) is 5.02 Å². The molecule has 3 rings (SSSR count). The van der Waals surface area contributed by atoms with Crippen LogP contribution in [0.4, 0.5) is 0 Å². The van der Waals surface area contributed by atoms with Gasteiger partial charge in [0, 0.05) is 5.02 Å². The van der Waals surface area contributed by atoms with Gasteiger partial charge in [0.1, 0.15) is 11.4 Å². The highest BCUT2D eigenvalue weighted by Crippen LogP contribution is 2.26. The number of halogens is 1. The molecule has 1 N–H and O–H groups in total. The summed E-state index contributed by atoms with van der Waals surface area (Å²) >= 11 is 7.61. The molecule has 0 aliphatic carbocycles. The Morgan fingerprint density at radius 3 is 2.91 bits per heavy atom. The number of rotatable bonds is 5. The molecule has 3 aromatic rings. The van der Waals surface area contributed by atoms with Gasteiger partial charge in [0.2, 0.25) is 0 Å². The molecular formula is C16H14ClN3O2S. The number of amides is 1. The molecule has 23 heavy (non-hydrogen) atoms. The number of carbonyl (C=O) groups is 1. The molecule has 2 aromatic heterocycles. The van der Waals surface area contributed by atoms with E-state index in [4.69, 9.17) is 16.4 Å². The molecule has 2 heterocycles. The Morgan fingerprint density at radius 2 is 2.22 bits per heavy atom. The van der Waals surface area contributed by atoms with Gasteiger partial charge in [-0.2, -0.15) is 5.10 Å². The van der Waals surface area contributed by atoms with E-state index in [1.807, 2.05) is 29.6 Å². The summed E-state index contributed by atoms with van der Waals surface area (Å²) in [5, 5.41) is 7.09. The maximum atomic E-state index is 12.3. The third-order valence-electron chi connectivity index (χ3n) is 3.08. The molecule has 0 saturated heterocycles. The molecule has 118 valence electrons. The van der Waals surface area contributed by atoms with Crippen LogP contribution in [-0.4, -0.2) is 22.3 Å². The van der Waals surface area contributed by atoms with Gasteiger partial charge in [-0.15, -0.1) is 11.3 Å². The predicted octanol–water partition coefficient (Wildman–Crippen LogP) is 3.94. The third-order valence-corrected chi connectivity index (χ3v) is 4.21. The number of benzene rings is 1. The van der Waals surface area contributed by atoms with Crippen molar-refractivity contribution in [2.45, 2.75) is 6.92 Å². The van der Waals surface area contributed by atoms with Crippen LogP contribution in [0.25, 0.3) is 16.3 Å². The average Bonchev–Trinajstić information content (AvgIpc) is 3.21. The summed E-state index contributed by atoms with van der Waals surface area (Å²) < 4.78 is 1.56. The van der Waals surface area contributed by atoms with Gasteiger partial charge >= 0.3 is 0 Å². The predicted molar refractivity (Wildman–Crippen MR) is 91.0 cm³/mol. The van der Waals surface area contributed by atoms with E-state index in [1.165, 1.54) is 0 Å². The molecule has 0 radical (unpaired) electrons. The first kappa shape index (κ1) is 15.7. The van der Waals surface area contributed by atoms with E-state index in [0.717, 1.165) is 10.6 Å². The summed E-state index contributed by atoms with van der Waals surface area (Å²) in [7, 11) is 0. The van der Waals surface area contributed by atoms with E-state index in [0.29, 0.717) is 23.0 Å². The molecule has 0 fully saturated rings. The molecule has 1 aromatic carbocycles. The van der Waals surface area contributed by atoms with E-state index in [2.05, 4.69) is 10.6 Å². The Kier molecular flexibility index (Phi) is 4.76. The second-order valence-corrected chi connectivity index (χ2v) is 6.03. The first-order valence-corrected chi connectivity index (χ1v) is 8.27. The van der Waals surface area contributed by atoms with Crippen molar-refractivity contribution < 1.29 is 9.63 Å². The van der Waals surface area contributed by atoms with Crippen molar-refractivity contribution in [3.63, 3.8) is 0 Å². The summed E-state index contributed by atoms with van der Waals surface area (Å²) in [6.07, 6.45) is 0. The van der Waals surface area contributed by atoms with Gasteiger partial charge in [0.05, 0.1) is 17.2 Å². The zero-order chi connectivity index (χ0) is 16.2. The van der Waals surface area contributed by atoms with Gasteiger partial charge in [-0.3, -0.25) is 9.63 Å². The second kappa shape index (κ2) is 6.95. The minimum absolute atomic E-state index is 0.359. The van der Waals surface area contributed by atoms with Crippen LogP contribution in [0, 0.1) is 0 Å². The van der Waals surface area contributed by atoms with Crippen molar-refractivity contribution in [2.24, 2.45) is 0 Å². The molecule has 0 aliphatic rings. The van der Waals surface area contributed by atoms with Gasteiger partial charge in [0.15, 0.2) is 0 Å². The van der Waals surface area contributed by atoms with Crippen LogP contribution in [-0.2, 0) is 4.84 Å². The van der Waals surface area contributed by atoms with Crippen LogP contribution in [0.15, 0.2) is 47.8 Å². The van der Waals surface area contributed by atoms with Crippen molar-refractivity contribution in [1.29, 1.82) is 0 Å². The summed E-state index contributed by atoms with van der Waals surface area (Å²) in [5.74, 6) is -0.359. The van der Waals surface area contributed by atoms with Crippen molar-refractivity contribution in [2.75, 3.05) is 6.61 Å². The minimum Gasteiger partial charge on any atom is -0.274 e. The van der Waals surface area contributed by atoms with Gasteiger partial charge in [0.25, 0.3) is 5.91 Å². The van der Waals surface area contributed by atoms with Crippen molar-refractivity contribution in [3.05, 3.63) is 58.6 Å². The highest BCUT2D eigenvalue weighted by Gasteiger charge is 2.18. The topological polar surface area (TPSA) is 56.1 Å². The maximum absolute atomic E-state index is 12.3. The number of aromatic nitrogens is 2. The fourth-order valence-corrected chi connectivity index (χ4v) is 2.95. The summed E-state index contributed by atoms with van der Waals surface area (Å²) in [6, 6.07) is 12.8. The van der Waals surface area contributed by atoms with E-state index in [-0.39, 0.29) is 5.91 Å². The lowest BCUT2D eigenvalue weighted by Crippen LogP contribution is -2.26. The molecule has 0 unspecified atom stereocenters. The lowest BCUT2D eigenvalue weighted by Gasteiger charge is -2.07. The SMILES string of the molecule is CCONC(=O)c1cc(-c2cccs2)nn1-c1cccc(Cl)c1. The highest BCUT2D eigenvalue weighted by atomic mass is 35.5. The number of carbonyl (C=O) groups excluding carboxylic acids is 1. The zero-order valence-corrected chi connectivity index (χ0v) is 13.9. The standard InChI is InChI=1S/C16H14ClN3O2S/c1-2-22-19-16(21)14-10-13(15-7-4-8-23-15)18-20(14)12-6-3-5-11(17)9-12/h3-10H,2H2,1H3,(H,19,21). The molecule has 0 aliphatic heterocycles. The minimum atomic E-state index is -0.359. The van der Waals surface area contributed by atoms with Crippen LogP contribution in [0.1, 0.15) is 17.4 Å². The number of thiophene rings is 1. The Hall–Kier alpha value is -2.15. The van der Waals surface area contributed by atoms with Gasteiger partial charge < -0.3 is 0 Å². The number of hydrogen-bond donors (Lipinski definition) is 1. The Balaban J connectivity index is 2.06. The zero-order valence-electron chi connectivity index (χ0n) is 12.3. The second-order valence-electron chi connectivity index (χ2n) is 4.65. The third kappa shape index (κ3) is 3.44. The van der Waals surface area contributed by atoms with Crippen molar-refractivity contribution in [3.8, 4) is 16.3 Å². The first-order valence-electron chi connectivity index (χ1n) is 7.01. The average molecular weight is 348 g/mol. The molecule has 5 nitrogen and oxygen atoms in total. The fraction of sp³-hybridized carbons (Fsp3) is 0.125. The molecular weight excluding hydrogens is 334 g/mol. The molecule has 0 saturated carbocycles. The quantitative estimate of drug-likeness (QED) is 0.711. The molecule has 0 atom stereocenters. The molecule has 0 bridgehead atoms. The number of nitrogens with zero attached hydrogens (tertiary/aromatic N) is 2. The molecule has 0 spiro atoms. The largest absolute Gasteiger partial charge is 0.293 e. The normalized spacial score (nSPS) is 10.7. The summed E-state index contributed by atoms with van der Waals surface area (Å²) in [5.41, 5.74) is 4.22. The summed E-state index contributed by atoms with van der Waals surface area (Å²) in [6.45, 7) is 2.18. The lowest BCUT2D eigenvalue weighted by atomic mass is 10.3.